The van der Waals surface area contributed by atoms with E-state index >= 15 is 0 Å². The average molecular weight is 408 g/mol. The van der Waals surface area contributed by atoms with Gasteiger partial charge in [-0.1, -0.05) is 36.4 Å². The van der Waals surface area contributed by atoms with Gasteiger partial charge in [-0.05, 0) is 87.1 Å². The molecule has 156 valence electrons. The van der Waals surface area contributed by atoms with E-state index in [-0.39, 0.29) is 0 Å². The Bertz CT molecular complexity index is 1170. The summed E-state index contributed by atoms with van der Waals surface area (Å²) in [5.41, 5.74) is 13.6. The maximum Gasteiger partial charge on any atom is 0.0732 e. The van der Waals surface area contributed by atoms with Gasteiger partial charge in [-0.25, -0.2) is 0 Å². The van der Waals surface area contributed by atoms with Crippen LogP contribution in [0.3, 0.4) is 0 Å². The fraction of sp³-hybridized carbons (Fsp3) is 0.214. The lowest BCUT2D eigenvalue weighted by molar-refractivity contribution is 1.22. The van der Waals surface area contributed by atoms with Crippen molar-refractivity contribution in [2.45, 2.75) is 41.5 Å². The highest BCUT2D eigenvalue weighted by Gasteiger charge is 2.10. The van der Waals surface area contributed by atoms with E-state index in [1.165, 1.54) is 33.4 Å². The van der Waals surface area contributed by atoms with E-state index in [0.717, 1.165) is 33.9 Å². The van der Waals surface area contributed by atoms with Crippen molar-refractivity contribution in [3.8, 4) is 22.5 Å². The van der Waals surface area contributed by atoms with Crippen LogP contribution in [0.25, 0.3) is 22.5 Å². The summed E-state index contributed by atoms with van der Waals surface area (Å²) in [5, 5.41) is 3.67. The highest BCUT2D eigenvalue weighted by Crippen LogP contribution is 2.32. The molecule has 31 heavy (non-hydrogen) atoms. The van der Waals surface area contributed by atoms with Crippen LogP contribution in [0.4, 0.5) is 11.4 Å². The molecule has 0 saturated carbocycles. The van der Waals surface area contributed by atoms with Crippen molar-refractivity contribution in [2.75, 3.05) is 5.32 Å². The lowest BCUT2D eigenvalue weighted by Gasteiger charge is -2.16. The van der Waals surface area contributed by atoms with Crippen LogP contribution in [-0.4, -0.2) is 9.97 Å². The molecule has 2 heterocycles. The molecule has 4 rings (SSSR count). The van der Waals surface area contributed by atoms with Gasteiger partial charge >= 0.3 is 0 Å². The number of benzene rings is 2. The zero-order valence-corrected chi connectivity index (χ0v) is 19.2. The molecule has 0 atom stereocenters. The minimum atomic E-state index is 1.03. The van der Waals surface area contributed by atoms with Crippen LogP contribution >= 0.6 is 0 Å². The van der Waals surface area contributed by atoms with Gasteiger partial charge in [0.05, 0.1) is 11.4 Å². The van der Waals surface area contributed by atoms with E-state index < -0.39 is 0 Å². The Morgan fingerprint density at radius 3 is 1.32 bits per heavy atom. The molecule has 0 spiro atoms. The van der Waals surface area contributed by atoms with Crippen molar-refractivity contribution in [3.05, 3.63) is 94.3 Å². The Morgan fingerprint density at radius 2 is 0.935 bits per heavy atom. The lowest BCUT2D eigenvalue weighted by atomic mass is 10.0. The molecular weight excluding hydrogens is 378 g/mol. The molecule has 4 aromatic rings. The summed E-state index contributed by atoms with van der Waals surface area (Å²) >= 11 is 0. The highest BCUT2D eigenvalue weighted by molar-refractivity contribution is 5.77. The summed E-state index contributed by atoms with van der Waals surface area (Å²) in [7, 11) is 0. The van der Waals surface area contributed by atoms with E-state index in [9.17, 15) is 0 Å². The second-order valence-electron chi connectivity index (χ2n) is 8.54. The van der Waals surface area contributed by atoms with Gasteiger partial charge < -0.3 is 5.32 Å². The SMILES string of the molecule is Cc1cnc(-c2ccc(C)c(Nc3cc(-c4ncc(C)cc4C)ccc3C)c2)c(C)c1. The zero-order chi connectivity index (χ0) is 22.1. The summed E-state index contributed by atoms with van der Waals surface area (Å²) in [5.74, 6) is 0. The number of nitrogens with zero attached hydrogens (tertiary/aromatic N) is 2. The van der Waals surface area contributed by atoms with E-state index in [1.54, 1.807) is 0 Å². The van der Waals surface area contributed by atoms with Crippen LogP contribution in [0.1, 0.15) is 33.4 Å². The number of pyridine rings is 2. The lowest BCUT2D eigenvalue weighted by Crippen LogP contribution is -1.98. The molecule has 0 amide bonds. The Hall–Kier alpha value is -3.46. The second-order valence-corrected chi connectivity index (χ2v) is 8.54. The van der Waals surface area contributed by atoms with Crippen LogP contribution in [0, 0.1) is 41.5 Å². The first-order valence-electron chi connectivity index (χ1n) is 10.7. The second kappa shape index (κ2) is 8.35. The molecular formula is C28H29N3. The summed E-state index contributed by atoms with van der Waals surface area (Å²) in [6, 6.07) is 17.4. The Morgan fingerprint density at radius 1 is 0.516 bits per heavy atom. The third-order valence-corrected chi connectivity index (χ3v) is 5.72. The van der Waals surface area contributed by atoms with E-state index in [1.807, 2.05) is 12.4 Å². The summed E-state index contributed by atoms with van der Waals surface area (Å²) in [6.45, 7) is 12.6. The van der Waals surface area contributed by atoms with E-state index in [2.05, 4.69) is 105 Å². The molecule has 0 unspecified atom stereocenters. The van der Waals surface area contributed by atoms with Crippen LogP contribution in [0.5, 0.6) is 0 Å². The van der Waals surface area contributed by atoms with E-state index in [0.29, 0.717) is 0 Å². The molecule has 0 bridgehead atoms. The maximum absolute atomic E-state index is 4.68. The fourth-order valence-electron chi connectivity index (χ4n) is 3.99. The molecule has 2 aromatic carbocycles. The minimum absolute atomic E-state index is 1.03. The largest absolute Gasteiger partial charge is 0.355 e. The van der Waals surface area contributed by atoms with Gasteiger partial charge in [-0.3, -0.25) is 9.97 Å². The Kier molecular flexibility index (Phi) is 5.60. The van der Waals surface area contributed by atoms with Crippen molar-refractivity contribution in [3.63, 3.8) is 0 Å². The van der Waals surface area contributed by atoms with Gasteiger partial charge in [0.15, 0.2) is 0 Å². The van der Waals surface area contributed by atoms with Crippen molar-refractivity contribution < 1.29 is 0 Å². The van der Waals surface area contributed by atoms with Crippen molar-refractivity contribution in [2.24, 2.45) is 0 Å². The predicted molar refractivity (Wildman–Crippen MR) is 131 cm³/mol. The third kappa shape index (κ3) is 4.36. The fourth-order valence-corrected chi connectivity index (χ4v) is 3.99. The number of nitrogens with one attached hydrogen (secondary N) is 1. The van der Waals surface area contributed by atoms with Crippen molar-refractivity contribution in [1.29, 1.82) is 0 Å². The molecule has 2 aromatic heterocycles. The first kappa shape index (κ1) is 20.8. The zero-order valence-electron chi connectivity index (χ0n) is 19.2. The van der Waals surface area contributed by atoms with E-state index in [4.69, 9.17) is 0 Å². The standard InChI is InChI=1S/C28H29N3/c1-17-11-21(5)27(29-15-17)23-9-7-19(3)25(13-23)31-26-14-24(10-8-20(26)4)28-22(6)12-18(2)16-30-28/h7-16,31H,1-6H3. The van der Waals surface area contributed by atoms with Crippen molar-refractivity contribution >= 4 is 11.4 Å². The predicted octanol–water partition coefficient (Wildman–Crippen LogP) is 7.40. The summed E-state index contributed by atoms with van der Waals surface area (Å²) in [6.07, 6.45) is 3.86. The van der Waals surface area contributed by atoms with Crippen molar-refractivity contribution in [1.82, 2.24) is 9.97 Å². The van der Waals surface area contributed by atoms with Gasteiger partial charge in [0.2, 0.25) is 0 Å². The molecule has 3 nitrogen and oxygen atoms in total. The number of anilines is 2. The smallest absolute Gasteiger partial charge is 0.0732 e. The van der Waals surface area contributed by atoms with Gasteiger partial charge in [0.1, 0.15) is 0 Å². The van der Waals surface area contributed by atoms with Gasteiger partial charge in [0, 0.05) is 34.9 Å². The number of aromatic nitrogens is 2. The van der Waals surface area contributed by atoms with Crippen LogP contribution in [0.2, 0.25) is 0 Å². The molecule has 0 aliphatic rings. The highest BCUT2D eigenvalue weighted by atomic mass is 14.9. The summed E-state index contributed by atoms with van der Waals surface area (Å²) in [4.78, 5) is 9.36. The van der Waals surface area contributed by atoms with Gasteiger partial charge in [0.25, 0.3) is 0 Å². The Balaban J connectivity index is 1.72. The number of hydrogen-bond acceptors (Lipinski definition) is 3. The number of hydrogen-bond donors (Lipinski definition) is 1. The first-order valence-corrected chi connectivity index (χ1v) is 10.7. The maximum atomic E-state index is 4.68. The number of rotatable bonds is 4. The molecule has 0 aliphatic carbocycles. The minimum Gasteiger partial charge on any atom is -0.355 e. The quantitative estimate of drug-likeness (QED) is 0.383. The molecule has 1 N–H and O–H groups in total. The topological polar surface area (TPSA) is 37.8 Å². The molecule has 3 heteroatoms. The number of aryl methyl sites for hydroxylation is 6. The average Bonchev–Trinajstić information content (AvgIpc) is 2.72. The molecule has 0 fully saturated rings. The van der Waals surface area contributed by atoms with Gasteiger partial charge in [-0.2, -0.15) is 0 Å². The molecule has 0 aliphatic heterocycles. The van der Waals surface area contributed by atoms with Gasteiger partial charge in [-0.15, -0.1) is 0 Å². The van der Waals surface area contributed by atoms with Crippen LogP contribution < -0.4 is 5.32 Å². The third-order valence-electron chi connectivity index (χ3n) is 5.72. The molecule has 0 radical (unpaired) electrons. The first-order chi connectivity index (χ1) is 14.8. The van der Waals surface area contributed by atoms with Crippen LogP contribution in [0.15, 0.2) is 60.9 Å². The summed E-state index contributed by atoms with van der Waals surface area (Å²) < 4.78 is 0. The molecule has 0 saturated heterocycles. The van der Waals surface area contributed by atoms with Crippen LogP contribution in [-0.2, 0) is 0 Å². The Labute approximate surface area is 185 Å². The normalized spacial score (nSPS) is 10.9. The monoisotopic (exact) mass is 407 g/mol.